The zero-order valence-corrected chi connectivity index (χ0v) is 11.1. The normalized spacial score (nSPS) is 12.8. The Morgan fingerprint density at radius 3 is 2.61 bits per heavy atom. The summed E-state index contributed by atoms with van der Waals surface area (Å²) in [5, 5.41) is 9.95. The summed E-state index contributed by atoms with van der Waals surface area (Å²) in [7, 11) is 0. The van der Waals surface area contributed by atoms with Crippen LogP contribution >= 0.6 is 23.4 Å². The van der Waals surface area contributed by atoms with Crippen LogP contribution in [0.1, 0.15) is 16.7 Å². The number of fused-ring (bicyclic) bond motifs is 2. The van der Waals surface area contributed by atoms with Crippen molar-refractivity contribution in [2.45, 2.75) is 16.4 Å². The summed E-state index contributed by atoms with van der Waals surface area (Å²) < 4.78 is 0. The maximum absolute atomic E-state index is 9.20. The molecule has 1 nitrogen and oxygen atoms in total. The SMILES string of the molecule is OCc1ccc2c(c1)Sc1ccc(Cl)cc1C=C2. The van der Waals surface area contributed by atoms with Crippen LogP contribution in [0.15, 0.2) is 46.2 Å². The van der Waals surface area contributed by atoms with E-state index in [0.717, 1.165) is 16.1 Å². The van der Waals surface area contributed by atoms with E-state index >= 15 is 0 Å². The molecule has 3 rings (SSSR count). The van der Waals surface area contributed by atoms with E-state index in [1.165, 1.54) is 15.4 Å². The van der Waals surface area contributed by atoms with E-state index in [9.17, 15) is 5.11 Å². The Balaban J connectivity index is 2.11. The first-order valence-electron chi connectivity index (χ1n) is 5.65. The van der Waals surface area contributed by atoms with Gasteiger partial charge in [0, 0.05) is 14.8 Å². The third-order valence-electron chi connectivity index (χ3n) is 2.89. The smallest absolute Gasteiger partial charge is 0.0682 e. The zero-order chi connectivity index (χ0) is 12.5. The predicted molar refractivity (Wildman–Crippen MR) is 76.9 cm³/mol. The summed E-state index contributed by atoms with van der Waals surface area (Å²) in [4.78, 5) is 2.35. The van der Waals surface area contributed by atoms with Crippen molar-refractivity contribution >= 4 is 35.5 Å². The molecular weight excluding hydrogens is 264 g/mol. The molecule has 0 saturated carbocycles. The van der Waals surface area contributed by atoms with Crippen LogP contribution < -0.4 is 0 Å². The quantitative estimate of drug-likeness (QED) is 0.707. The average Bonchev–Trinajstić information content (AvgIpc) is 2.56. The molecule has 0 unspecified atom stereocenters. The van der Waals surface area contributed by atoms with Gasteiger partial charge < -0.3 is 5.11 Å². The van der Waals surface area contributed by atoms with Gasteiger partial charge in [0.15, 0.2) is 0 Å². The number of hydrogen-bond acceptors (Lipinski definition) is 2. The molecule has 0 amide bonds. The number of hydrogen-bond donors (Lipinski definition) is 1. The maximum Gasteiger partial charge on any atom is 0.0682 e. The fourth-order valence-electron chi connectivity index (χ4n) is 1.94. The van der Waals surface area contributed by atoms with Gasteiger partial charge in [-0.05, 0) is 41.0 Å². The lowest BCUT2D eigenvalue weighted by Crippen LogP contribution is -1.86. The van der Waals surface area contributed by atoms with Crippen LogP contribution in [0.4, 0.5) is 0 Å². The molecule has 0 atom stereocenters. The van der Waals surface area contributed by atoms with Crippen LogP contribution in [0.25, 0.3) is 12.2 Å². The van der Waals surface area contributed by atoms with Gasteiger partial charge in [-0.15, -0.1) is 0 Å². The molecule has 18 heavy (non-hydrogen) atoms. The molecule has 0 fully saturated rings. The topological polar surface area (TPSA) is 20.2 Å². The van der Waals surface area contributed by atoms with Crippen molar-refractivity contribution in [3.8, 4) is 0 Å². The molecule has 2 aromatic rings. The summed E-state index contributed by atoms with van der Waals surface area (Å²) >= 11 is 7.72. The van der Waals surface area contributed by atoms with Crippen molar-refractivity contribution in [2.24, 2.45) is 0 Å². The first-order valence-corrected chi connectivity index (χ1v) is 6.85. The van der Waals surface area contributed by atoms with E-state index < -0.39 is 0 Å². The van der Waals surface area contributed by atoms with E-state index in [1.807, 2.05) is 36.4 Å². The van der Waals surface area contributed by atoms with Crippen LogP contribution in [-0.2, 0) is 6.61 Å². The Morgan fingerprint density at radius 1 is 0.944 bits per heavy atom. The van der Waals surface area contributed by atoms with Crippen molar-refractivity contribution in [2.75, 3.05) is 0 Å². The molecule has 3 heteroatoms. The monoisotopic (exact) mass is 274 g/mol. The Kier molecular flexibility index (Phi) is 3.16. The van der Waals surface area contributed by atoms with Gasteiger partial charge >= 0.3 is 0 Å². The summed E-state index contributed by atoms with van der Waals surface area (Å²) in [6, 6.07) is 11.9. The van der Waals surface area contributed by atoms with Gasteiger partial charge in [-0.2, -0.15) is 0 Å². The number of halogens is 1. The van der Waals surface area contributed by atoms with Gasteiger partial charge in [-0.25, -0.2) is 0 Å². The Morgan fingerprint density at radius 2 is 1.78 bits per heavy atom. The molecule has 0 aromatic heterocycles. The van der Waals surface area contributed by atoms with Crippen molar-refractivity contribution < 1.29 is 5.11 Å². The molecule has 0 saturated heterocycles. The first-order chi connectivity index (χ1) is 8.76. The highest BCUT2D eigenvalue weighted by atomic mass is 35.5. The van der Waals surface area contributed by atoms with Gasteiger partial charge in [-0.1, -0.05) is 47.6 Å². The number of aliphatic hydroxyl groups excluding tert-OH is 1. The summed E-state index contributed by atoms with van der Waals surface area (Å²) in [5.41, 5.74) is 3.24. The molecule has 1 aliphatic rings. The van der Waals surface area contributed by atoms with Crippen LogP contribution in [0, 0.1) is 0 Å². The Hall–Kier alpha value is -1.22. The van der Waals surface area contributed by atoms with E-state index in [4.69, 9.17) is 11.6 Å². The van der Waals surface area contributed by atoms with Crippen LogP contribution in [-0.4, -0.2) is 5.11 Å². The van der Waals surface area contributed by atoms with Crippen molar-refractivity contribution in [3.05, 3.63) is 58.1 Å². The van der Waals surface area contributed by atoms with E-state index in [0.29, 0.717) is 0 Å². The lowest BCUT2D eigenvalue weighted by Gasteiger charge is -2.07. The van der Waals surface area contributed by atoms with E-state index in [-0.39, 0.29) is 6.61 Å². The lowest BCUT2D eigenvalue weighted by molar-refractivity contribution is 0.281. The van der Waals surface area contributed by atoms with Gasteiger partial charge in [0.1, 0.15) is 0 Å². The van der Waals surface area contributed by atoms with Crippen molar-refractivity contribution in [1.29, 1.82) is 0 Å². The standard InChI is InChI=1S/C15H11ClOS/c16-13-5-6-14-12(8-13)4-3-11-2-1-10(9-17)7-15(11)18-14/h1-8,17H,9H2. The first kappa shape index (κ1) is 11.8. The molecule has 0 spiro atoms. The van der Waals surface area contributed by atoms with Crippen LogP contribution in [0.5, 0.6) is 0 Å². The molecule has 0 bridgehead atoms. The molecule has 1 heterocycles. The summed E-state index contributed by atoms with van der Waals surface area (Å²) in [5.74, 6) is 0. The molecular formula is C15H11ClOS. The molecule has 1 aliphatic heterocycles. The average molecular weight is 275 g/mol. The van der Waals surface area contributed by atoms with Crippen molar-refractivity contribution in [1.82, 2.24) is 0 Å². The highest BCUT2D eigenvalue weighted by molar-refractivity contribution is 7.99. The minimum atomic E-state index is 0.0744. The third-order valence-corrected chi connectivity index (χ3v) is 4.30. The highest BCUT2D eigenvalue weighted by Gasteiger charge is 2.10. The zero-order valence-electron chi connectivity index (χ0n) is 9.56. The molecule has 1 N–H and O–H groups in total. The largest absolute Gasteiger partial charge is 0.392 e. The summed E-state index contributed by atoms with van der Waals surface area (Å²) in [6.45, 7) is 0.0744. The number of rotatable bonds is 1. The van der Waals surface area contributed by atoms with Gasteiger partial charge in [-0.3, -0.25) is 0 Å². The Labute approximate surface area is 115 Å². The van der Waals surface area contributed by atoms with Gasteiger partial charge in [0.25, 0.3) is 0 Å². The highest BCUT2D eigenvalue weighted by Crippen LogP contribution is 2.38. The molecule has 0 radical (unpaired) electrons. The maximum atomic E-state index is 9.20. The second kappa shape index (κ2) is 4.81. The van der Waals surface area contributed by atoms with E-state index in [1.54, 1.807) is 11.8 Å². The minimum Gasteiger partial charge on any atom is -0.392 e. The molecule has 90 valence electrons. The second-order valence-electron chi connectivity index (χ2n) is 4.15. The third kappa shape index (κ3) is 2.19. The van der Waals surface area contributed by atoms with Crippen molar-refractivity contribution in [3.63, 3.8) is 0 Å². The Bertz CT molecular complexity index is 634. The lowest BCUT2D eigenvalue weighted by atomic mass is 10.1. The second-order valence-corrected chi connectivity index (χ2v) is 5.67. The molecule has 0 aliphatic carbocycles. The van der Waals surface area contributed by atoms with Gasteiger partial charge in [0.2, 0.25) is 0 Å². The van der Waals surface area contributed by atoms with E-state index in [2.05, 4.69) is 12.2 Å². The fraction of sp³-hybridized carbons (Fsp3) is 0.0667. The van der Waals surface area contributed by atoms with Crippen LogP contribution in [0.3, 0.4) is 0 Å². The number of aliphatic hydroxyl groups is 1. The molecule has 2 aromatic carbocycles. The van der Waals surface area contributed by atoms with Gasteiger partial charge in [0.05, 0.1) is 6.61 Å². The summed E-state index contributed by atoms with van der Waals surface area (Å²) in [6.07, 6.45) is 4.17. The fourth-order valence-corrected chi connectivity index (χ4v) is 3.21. The number of benzene rings is 2. The predicted octanol–water partition coefficient (Wildman–Crippen LogP) is 4.47. The minimum absolute atomic E-state index is 0.0744. The van der Waals surface area contributed by atoms with Crippen LogP contribution in [0.2, 0.25) is 5.02 Å².